The van der Waals surface area contributed by atoms with Gasteiger partial charge in [0.2, 0.25) is 11.7 Å². The predicted molar refractivity (Wildman–Crippen MR) is 126 cm³/mol. The van der Waals surface area contributed by atoms with Crippen molar-refractivity contribution in [3.05, 3.63) is 95.1 Å². The summed E-state index contributed by atoms with van der Waals surface area (Å²) in [7, 11) is 0. The van der Waals surface area contributed by atoms with Gasteiger partial charge in [0.25, 0.3) is 0 Å². The summed E-state index contributed by atoms with van der Waals surface area (Å²) in [5.41, 5.74) is 4.59. The highest BCUT2D eigenvalue weighted by molar-refractivity contribution is 9.10. The molecular formula is C24H17BrN6O. The molecule has 0 fully saturated rings. The lowest BCUT2D eigenvalue weighted by Gasteiger charge is -2.08. The molecule has 0 bridgehead atoms. The first-order valence-electron chi connectivity index (χ1n) is 9.94. The molecule has 0 unspecified atom stereocenters. The van der Waals surface area contributed by atoms with Gasteiger partial charge in [0.05, 0.1) is 12.1 Å². The number of hydrogen-bond acceptors (Lipinski definition) is 5. The van der Waals surface area contributed by atoms with Crippen molar-refractivity contribution >= 4 is 33.2 Å². The van der Waals surface area contributed by atoms with Crippen LogP contribution in [0.3, 0.4) is 0 Å². The quantitative estimate of drug-likeness (QED) is 0.387. The highest BCUT2D eigenvalue weighted by atomic mass is 79.9. The molecule has 7 nitrogen and oxygen atoms in total. The normalized spacial score (nSPS) is 10.9. The minimum Gasteiger partial charge on any atom is -0.326 e. The summed E-state index contributed by atoms with van der Waals surface area (Å²) >= 11 is 3.41. The molecule has 0 spiro atoms. The predicted octanol–water partition coefficient (Wildman–Crippen LogP) is 4.80. The Morgan fingerprint density at radius 3 is 2.59 bits per heavy atom. The van der Waals surface area contributed by atoms with Crippen LogP contribution in [0.25, 0.3) is 28.4 Å². The minimum atomic E-state index is -0.0795. The first kappa shape index (κ1) is 20.0. The van der Waals surface area contributed by atoms with E-state index in [0.717, 1.165) is 21.3 Å². The zero-order valence-electron chi connectivity index (χ0n) is 16.8. The Morgan fingerprint density at radius 1 is 0.906 bits per heavy atom. The Hall–Kier alpha value is -3.91. The van der Waals surface area contributed by atoms with Crippen LogP contribution in [0.15, 0.2) is 89.5 Å². The third-order valence-corrected chi connectivity index (χ3v) is 5.41. The van der Waals surface area contributed by atoms with Crippen LogP contribution in [-0.2, 0) is 11.2 Å². The monoisotopic (exact) mass is 484 g/mol. The third kappa shape index (κ3) is 4.26. The van der Waals surface area contributed by atoms with Crippen LogP contribution >= 0.6 is 15.9 Å². The van der Waals surface area contributed by atoms with Crippen molar-refractivity contribution < 1.29 is 4.79 Å². The molecule has 0 radical (unpaired) electrons. The molecule has 0 aliphatic rings. The topological polar surface area (TPSA) is 85.1 Å². The maximum absolute atomic E-state index is 12.5. The van der Waals surface area contributed by atoms with Crippen LogP contribution < -0.4 is 5.32 Å². The summed E-state index contributed by atoms with van der Waals surface area (Å²) < 4.78 is 2.66. The van der Waals surface area contributed by atoms with Crippen molar-refractivity contribution in [1.82, 2.24) is 24.8 Å². The lowest BCUT2D eigenvalue weighted by atomic mass is 10.1. The van der Waals surface area contributed by atoms with E-state index in [2.05, 4.69) is 36.4 Å². The zero-order chi connectivity index (χ0) is 21.9. The molecule has 8 heteroatoms. The van der Waals surface area contributed by atoms with E-state index in [1.165, 1.54) is 0 Å². The van der Waals surface area contributed by atoms with Crippen LogP contribution in [0, 0.1) is 0 Å². The SMILES string of the molecule is O=C(Cc1ccc(Br)cc1)Nc1cccc(-c2ccc3nnc(-c4ccccn4)n3n2)c1. The lowest BCUT2D eigenvalue weighted by Crippen LogP contribution is -2.14. The summed E-state index contributed by atoms with van der Waals surface area (Å²) in [6.45, 7) is 0. The number of nitrogens with zero attached hydrogens (tertiary/aromatic N) is 5. The molecular weight excluding hydrogens is 468 g/mol. The number of carbonyl (C=O) groups excluding carboxylic acids is 1. The van der Waals surface area contributed by atoms with E-state index < -0.39 is 0 Å². The van der Waals surface area contributed by atoms with E-state index in [9.17, 15) is 4.79 Å². The zero-order valence-corrected chi connectivity index (χ0v) is 18.4. The molecule has 5 aromatic rings. The molecule has 0 atom stereocenters. The van der Waals surface area contributed by atoms with Gasteiger partial charge in [-0.3, -0.25) is 9.78 Å². The first-order chi connectivity index (χ1) is 15.7. The molecule has 32 heavy (non-hydrogen) atoms. The summed E-state index contributed by atoms with van der Waals surface area (Å²) in [5.74, 6) is 0.491. The van der Waals surface area contributed by atoms with Crippen LogP contribution in [0.5, 0.6) is 0 Å². The molecule has 3 aromatic heterocycles. The average Bonchev–Trinajstić information content (AvgIpc) is 3.25. The summed E-state index contributed by atoms with van der Waals surface area (Å²) in [6, 6.07) is 24.7. The Morgan fingerprint density at radius 2 is 1.78 bits per heavy atom. The highest BCUT2D eigenvalue weighted by Crippen LogP contribution is 2.23. The number of benzene rings is 2. The van der Waals surface area contributed by atoms with Crippen molar-refractivity contribution in [1.29, 1.82) is 0 Å². The number of amides is 1. The van der Waals surface area contributed by atoms with E-state index >= 15 is 0 Å². The standard InChI is InChI=1S/C24H17BrN6O/c25-18-9-7-16(8-10-18)14-23(32)27-19-5-3-4-17(15-19)20-11-12-22-28-29-24(31(22)30-20)21-6-1-2-13-26-21/h1-13,15H,14H2,(H,27,32). The molecule has 2 aromatic carbocycles. The minimum absolute atomic E-state index is 0.0795. The number of halogens is 1. The summed E-state index contributed by atoms with van der Waals surface area (Å²) in [5, 5.41) is 16.1. The van der Waals surface area contributed by atoms with Gasteiger partial charge in [-0.05, 0) is 54.1 Å². The van der Waals surface area contributed by atoms with Gasteiger partial charge in [-0.15, -0.1) is 10.2 Å². The molecule has 0 saturated heterocycles. The Labute approximate surface area is 192 Å². The molecule has 1 N–H and O–H groups in total. The average molecular weight is 485 g/mol. The van der Waals surface area contributed by atoms with Crippen molar-refractivity contribution in [2.45, 2.75) is 6.42 Å². The molecule has 5 rings (SSSR count). The number of nitrogens with one attached hydrogen (secondary N) is 1. The van der Waals surface area contributed by atoms with Crippen LogP contribution in [0.1, 0.15) is 5.56 Å². The van der Waals surface area contributed by atoms with Crippen molar-refractivity contribution in [3.63, 3.8) is 0 Å². The Kier molecular flexibility index (Phi) is 5.43. The van der Waals surface area contributed by atoms with Crippen LogP contribution in [0.2, 0.25) is 0 Å². The second kappa shape index (κ2) is 8.68. The van der Waals surface area contributed by atoms with Gasteiger partial charge >= 0.3 is 0 Å². The number of anilines is 1. The second-order valence-electron chi connectivity index (χ2n) is 7.16. The fraction of sp³-hybridized carbons (Fsp3) is 0.0417. The largest absolute Gasteiger partial charge is 0.326 e. The van der Waals surface area contributed by atoms with E-state index in [-0.39, 0.29) is 5.91 Å². The number of rotatable bonds is 5. The maximum Gasteiger partial charge on any atom is 0.228 e. The molecule has 1 amide bonds. The van der Waals surface area contributed by atoms with E-state index in [1.54, 1.807) is 10.7 Å². The third-order valence-electron chi connectivity index (χ3n) is 4.88. The fourth-order valence-electron chi connectivity index (χ4n) is 3.35. The molecule has 0 aliphatic carbocycles. The van der Waals surface area contributed by atoms with Gasteiger partial charge in [0, 0.05) is 21.9 Å². The Bertz CT molecular complexity index is 1400. The number of aromatic nitrogens is 5. The number of pyridine rings is 1. The number of hydrogen-bond donors (Lipinski definition) is 1. The number of fused-ring (bicyclic) bond motifs is 1. The highest BCUT2D eigenvalue weighted by Gasteiger charge is 2.12. The van der Waals surface area contributed by atoms with E-state index in [0.29, 0.717) is 29.3 Å². The number of carbonyl (C=O) groups is 1. The second-order valence-corrected chi connectivity index (χ2v) is 8.08. The molecule has 156 valence electrons. The van der Waals surface area contributed by atoms with Gasteiger partial charge in [-0.2, -0.15) is 9.61 Å². The van der Waals surface area contributed by atoms with Crippen molar-refractivity contribution in [2.75, 3.05) is 5.32 Å². The fourth-order valence-corrected chi connectivity index (χ4v) is 3.61. The van der Waals surface area contributed by atoms with Crippen LogP contribution in [0.4, 0.5) is 5.69 Å². The van der Waals surface area contributed by atoms with Gasteiger partial charge < -0.3 is 5.32 Å². The first-order valence-corrected chi connectivity index (χ1v) is 10.7. The molecule has 0 saturated carbocycles. The van der Waals surface area contributed by atoms with E-state index in [1.807, 2.05) is 78.9 Å². The van der Waals surface area contributed by atoms with Crippen LogP contribution in [-0.4, -0.2) is 30.7 Å². The van der Waals surface area contributed by atoms with Crippen molar-refractivity contribution in [3.8, 4) is 22.8 Å². The van der Waals surface area contributed by atoms with Gasteiger partial charge in [-0.25, -0.2) is 0 Å². The smallest absolute Gasteiger partial charge is 0.228 e. The van der Waals surface area contributed by atoms with Crippen molar-refractivity contribution in [2.24, 2.45) is 0 Å². The Balaban J connectivity index is 1.40. The van der Waals surface area contributed by atoms with E-state index in [4.69, 9.17) is 5.10 Å². The molecule has 3 heterocycles. The van der Waals surface area contributed by atoms with Gasteiger partial charge in [0.15, 0.2) is 5.65 Å². The van der Waals surface area contributed by atoms with Gasteiger partial charge in [0.1, 0.15) is 5.69 Å². The lowest BCUT2D eigenvalue weighted by molar-refractivity contribution is -0.115. The summed E-state index contributed by atoms with van der Waals surface area (Å²) in [4.78, 5) is 16.8. The summed E-state index contributed by atoms with van der Waals surface area (Å²) in [6.07, 6.45) is 2.01. The molecule has 0 aliphatic heterocycles. The maximum atomic E-state index is 12.5. The van der Waals surface area contributed by atoms with Gasteiger partial charge in [-0.1, -0.05) is 46.3 Å².